The van der Waals surface area contributed by atoms with Crippen LogP contribution < -0.4 is 4.31 Å². The number of benzene rings is 2. The van der Waals surface area contributed by atoms with Crippen molar-refractivity contribution < 1.29 is 8.42 Å². The average molecular weight is 327 g/mol. The maximum absolute atomic E-state index is 12.8. The van der Waals surface area contributed by atoms with Gasteiger partial charge in [0.05, 0.1) is 16.8 Å². The van der Waals surface area contributed by atoms with Gasteiger partial charge in [0, 0.05) is 13.1 Å². The summed E-state index contributed by atoms with van der Waals surface area (Å²) in [5.74, 6) is 0.483. The Morgan fingerprint density at radius 2 is 1.61 bits per heavy atom. The van der Waals surface area contributed by atoms with Gasteiger partial charge in [0.25, 0.3) is 10.0 Å². The number of para-hydroxylation sites is 1. The van der Waals surface area contributed by atoms with Gasteiger partial charge in [-0.25, -0.2) is 13.1 Å². The first-order chi connectivity index (χ1) is 11.0. The maximum Gasteiger partial charge on any atom is 0.265 e. The van der Waals surface area contributed by atoms with Crippen molar-refractivity contribution >= 4 is 15.8 Å². The minimum Gasteiger partial charge on any atom is -0.253 e. The van der Waals surface area contributed by atoms with Gasteiger partial charge in [0.1, 0.15) is 5.82 Å². The van der Waals surface area contributed by atoms with Crippen molar-refractivity contribution in [2.45, 2.75) is 11.8 Å². The van der Waals surface area contributed by atoms with Gasteiger partial charge in [0.15, 0.2) is 0 Å². The van der Waals surface area contributed by atoms with Crippen molar-refractivity contribution in [3.05, 3.63) is 72.4 Å². The van der Waals surface area contributed by atoms with Crippen molar-refractivity contribution in [3.63, 3.8) is 0 Å². The highest BCUT2D eigenvalue weighted by molar-refractivity contribution is 7.92. The molecule has 3 rings (SSSR count). The van der Waals surface area contributed by atoms with E-state index < -0.39 is 10.0 Å². The number of aromatic nitrogens is 2. The van der Waals surface area contributed by atoms with Crippen molar-refractivity contribution in [3.8, 4) is 5.69 Å². The average Bonchev–Trinajstić information content (AvgIpc) is 3.04. The van der Waals surface area contributed by atoms with Crippen LogP contribution in [-0.4, -0.2) is 25.2 Å². The van der Waals surface area contributed by atoms with Crippen LogP contribution in [0.1, 0.15) is 5.56 Å². The zero-order valence-electron chi connectivity index (χ0n) is 12.9. The number of anilines is 1. The van der Waals surface area contributed by atoms with Crippen LogP contribution >= 0.6 is 0 Å². The fraction of sp³-hybridized carbons (Fsp3) is 0.118. The molecule has 0 aliphatic carbocycles. The third-order valence-corrected chi connectivity index (χ3v) is 5.40. The minimum absolute atomic E-state index is 0.256. The Bertz CT molecular complexity index is 901. The van der Waals surface area contributed by atoms with E-state index in [1.807, 2.05) is 37.3 Å². The summed E-state index contributed by atoms with van der Waals surface area (Å²) < 4.78 is 28.5. The highest BCUT2D eigenvalue weighted by Gasteiger charge is 2.24. The monoisotopic (exact) mass is 327 g/mol. The molecule has 0 amide bonds. The van der Waals surface area contributed by atoms with Crippen molar-refractivity contribution in [1.29, 1.82) is 0 Å². The lowest BCUT2D eigenvalue weighted by Crippen LogP contribution is -2.28. The summed E-state index contributed by atoms with van der Waals surface area (Å²) in [5.41, 5.74) is 1.82. The summed E-state index contributed by atoms with van der Waals surface area (Å²) in [7, 11) is -2.10. The maximum atomic E-state index is 12.8. The molecule has 0 radical (unpaired) electrons. The van der Waals surface area contributed by atoms with Crippen LogP contribution in [0.5, 0.6) is 0 Å². The van der Waals surface area contributed by atoms with E-state index in [2.05, 4.69) is 5.10 Å². The SMILES string of the molecule is Cc1ccc(S(=O)(=O)N(C)c2ccnn2-c2ccccc2)cc1. The number of aryl methyl sites for hydroxylation is 1. The Morgan fingerprint density at radius 1 is 0.957 bits per heavy atom. The molecule has 1 heterocycles. The second-order valence-corrected chi connectivity index (χ2v) is 7.19. The molecular weight excluding hydrogens is 310 g/mol. The highest BCUT2D eigenvalue weighted by Crippen LogP contribution is 2.24. The summed E-state index contributed by atoms with van der Waals surface area (Å²) in [6.45, 7) is 1.92. The van der Waals surface area contributed by atoms with Gasteiger partial charge < -0.3 is 0 Å². The number of hydrogen-bond acceptors (Lipinski definition) is 3. The van der Waals surface area contributed by atoms with E-state index in [0.29, 0.717) is 5.82 Å². The van der Waals surface area contributed by atoms with E-state index in [1.165, 1.54) is 11.4 Å². The Morgan fingerprint density at radius 3 is 2.26 bits per heavy atom. The smallest absolute Gasteiger partial charge is 0.253 e. The Labute approximate surface area is 135 Å². The van der Waals surface area contributed by atoms with E-state index in [9.17, 15) is 8.42 Å². The number of hydrogen-bond donors (Lipinski definition) is 0. The van der Waals surface area contributed by atoms with Crippen LogP contribution in [0.2, 0.25) is 0 Å². The van der Waals surface area contributed by atoms with Gasteiger partial charge in [-0.3, -0.25) is 4.31 Å². The molecule has 118 valence electrons. The van der Waals surface area contributed by atoms with Crippen LogP contribution in [0.25, 0.3) is 5.69 Å². The summed E-state index contributed by atoms with van der Waals surface area (Å²) in [5, 5.41) is 4.24. The summed E-state index contributed by atoms with van der Waals surface area (Å²) in [6.07, 6.45) is 1.59. The van der Waals surface area contributed by atoms with Gasteiger partial charge in [0.2, 0.25) is 0 Å². The molecule has 0 saturated carbocycles. The first kappa shape index (κ1) is 15.3. The molecule has 0 N–H and O–H groups in total. The standard InChI is InChI=1S/C17H17N3O2S/c1-14-8-10-16(11-9-14)23(21,22)19(2)17-12-13-18-20(17)15-6-4-3-5-7-15/h3-13H,1-2H3. The predicted octanol–water partition coefficient (Wildman–Crippen LogP) is 3.01. The molecular formula is C17H17N3O2S. The quantitative estimate of drug-likeness (QED) is 0.740. The zero-order valence-corrected chi connectivity index (χ0v) is 13.7. The lowest BCUT2D eigenvalue weighted by atomic mass is 10.2. The molecule has 23 heavy (non-hydrogen) atoms. The molecule has 2 aromatic carbocycles. The second-order valence-electron chi connectivity index (χ2n) is 5.22. The van der Waals surface area contributed by atoms with Gasteiger partial charge in [-0.1, -0.05) is 35.9 Å². The number of nitrogens with zero attached hydrogens (tertiary/aromatic N) is 3. The largest absolute Gasteiger partial charge is 0.265 e. The lowest BCUT2D eigenvalue weighted by molar-refractivity contribution is 0.593. The Kier molecular flexibility index (Phi) is 3.92. The fourth-order valence-electron chi connectivity index (χ4n) is 2.29. The van der Waals surface area contributed by atoms with Gasteiger partial charge in [-0.05, 0) is 31.2 Å². The van der Waals surface area contributed by atoms with E-state index in [4.69, 9.17) is 0 Å². The fourth-order valence-corrected chi connectivity index (χ4v) is 3.48. The summed E-state index contributed by atoms with van der Waals surface area (Å²) in [6, 6.07) is 17.9. The Hall–Kier alpha value is -2.60. The number of sulfonamides is 1. The van der Waals surface area contributed by atoms with E-state index in [1.54, 1.807) is 41.2 Å². The van der Waals surface area contributed by atoms with Gasteiger partial charge in [-0.15, -0.1) is 0 Å². The normalized spacial score (nSPS) is 11.4. The zero-order chi connectivity index (χ0) is 16.4. The molecule has 1 aromatic heterocycles. The predicted molar refractivity (Wildman–Crippen MR) is 90.3 cm³/mol. The lowest BCUT2D eigenvalue weighted by Gasteiger charge is -2.20. The van der Waals surface area contributed by atoms with E-state index in [-0.39, 0.29) is 4.90 Å². The first-order valence-corrected chi connectivity index (χ1v) is 8.59. The van der Waals surface area contributed by atoms with E-state index in [0.717, 1.165) is 11.3 Å². The molecule has 0 bridgehead atoms. The molecule has 0 spiro atoms. The third kappa shape index (κ3) is 2.85. The van der Waals surface area contributed by atoms with Gasteiger partial charge in [-0.2, -0.15) is 5.10 Å². The number of rotatable bonds is 4. The third-order valence-electron chi connectivity index (χ3n) is 3.63. The molecule has 0 atom stereocenters. The topological polar surface area (TPSA) is 55.2 Å². The van der Waals surface area contributed by atoms with Crippen LogP contribution in [0.3, 0.4) is 0 Å². The van der Waals surface area contributed by atoms with Crippen molar-refractivity contribution in [2.75, 3.05) is 11.4 Å². The first-order valence-electron chi connectivity index (χ1n) is 7.15. The molecule has 0 saturated heterocycles. The molecule has 6 heteroatoms. The Balaban J connectivity index is 2.03. The van der Waals surface area contributed by atoms with Crippen LogP contribution in [-0.2, 0) is 10.0 Å². The van der Waals surface area contributed by atoms with E-state index >= 15 is 0 Å². The molecule has 3 aromatic rings. The van der Waals surface area contributed by atoms with Crippen molar-refractivity contribution in [2.24, 2.45) is 0 Å². The molecule has 0 unspecified atom stereocenters. The molecule has 0 aliphatic rings. The van der Waals surface area contributed by atoms with Crippen LogP contribution in [0.4, 0.5) is 5.82 Å². The van der Waals surface area contributed by atoms with Crippen LogP contribution in [0, 0.1) is 6.92 Å². The minimum atomic E-state index is -3.64. The molecule has 0 aliphatic heterocycles. The molecule has 0 fully saturated rings. The second kappa shape index (κ2) is 5.89. The molecule has 5 nitrogen and oxygen atoms in total. The van der Waals surface area contributed by atoms with Crippen LogP contribution in [0.15, 0.2) is 71.8 Å². The summed E-state index contributed by atoms with van der Waals surface area (Å²) in [4.78, 5) is 0.256. The summed E-state index contributed by atoms with van der Waals surface area (Å²) >= 11 is 0. The van der Waals surface area contributed by atoms with Gasteiger partial charge >= 0.3 is 0 Å². The highest BCUT2D eigenvalue weighted by atomic mass is 32.2. The van der Waals surface area contributed by atoms with Crippen molar-refractivity contribution in [1.82, 2.24) is 9.78 Å².